The van der Waals surface area contributed by atoms with Crippen LogP contribution in [0.4, 0.5) is 5.69 Å². The van der Waals surface area contributed by atoms with Gasteiger partial charge in [0.25, 0.3) is 5.56 Å². The average molecular weight is 424 g/mol. The van der Waals surface area contributed by atoms with Gasteiger partial charge in [0.15, 0.2) is 5.16 Å². The first-order valence-electron chi connectivity index (χ1n) is 9.65. The number of thioether (sulfide) groups is 1. The van der Waals surface area contributed by atoms with E-state index >= 15 is 0 Å². The zero-order chi connectivity index (χ0) is 21.7. The fourth-order valence-electron chi connectivity index (χ4n) is 3.07. The van der Waals surface area contributed by atoms with Crippen LogP contribution >= 0.6 is 11.8 Å². The van der Waals surface area contributed by atoms with Crippen molar-refractivity contribution in [3.8, 4) is 17.0 Å². The smallest absolute Gasteiger partial charge is 0.252 e. The van der Waals surface area contributed by atoms with Crippen LogP contribution in [-0.2, 0) is 4.79 Å². The number of nitrogens with one attached hydrogen (secondary N) is 2. The summed E-state index contributed by atoms with van der Waals surface area (Å²) in [4.78, 5) is 31.8. The number of nitrogens with zero attached hydrogens (tertiary/aromatic N) is 1. The molecular weight excluding hydrogens is 398 g/mol. The van der Waals surface area contributed by atoms with Crippen molar-refractivity contribution < 1.29 is 9.53 Å². The topological polar surface area (TPSA) is 84.1 Å². The van der Waals surface area contributed by atoms with Crippen LogP contribution in [-0.4, -0.2) is 28.7 Å². The molecule has 3 aromatic rings. The molecule has 1 heterocycles. The van der Waals surface area contributed by atoms with Crippen molar-refractivity contribution >= 4 is 23.4 Å². The minimum Gasteiger partial charge on any atom is -0.497 e. The number of aromatic amines is 1. The first-order chi connectivity index (χ1) is 14.4. The number of methoxy groups -OCH3 is 1. The Hall–Kier alpha value is -3.06. The number of anilines is 1. The second-order valence-electron chi connectivity index (χ2n) is 7.19. The summed E-state index contributed by atoms with van der Waals surface area (Å²) in [6.45, 7) is 6.17. The second kappa shape index (κ2) is 9.63. The lowest BCUT2D eigenvalue weighted by molar-refractivity contribution is -0.113. The summed E-state index contributed by atoms with van der Waals surface area (Å²) in [6, 6.07) is 14.7. The van der Waals surface area contributed by atoms with Crippen molar-refractivity contribution in [2.24, 2.45) is 0 Å². The Morgan fingerprint density at radius 2 is 1.93 bits per heavy atom. The Morgan fingerprint density at radius 3 is 2.60 bits per heavy atom. The van der Waals surface area contributed by atoms with Gasteiger partial charge in [0.2, 0.25) is 5.91 Å². The van der Waals surface area contributed by atoms with Crippen LogP contribution in [0.3, 0.4) is 0 Å². The lowest BCUT2D eigenvalue weighted by Gasteiger charge is -2.16. The molecule has 0 atom stereocenters. The van der Waals surface area contributed by atoms with Crippen LogP contribution in [0.1, 0.15) is 30.9 Å². The number of amides is 1. The third kappa shape index (κ3) is 5.30. The molecule has 0 saturated carbocycles. The van der Waals surface area contributed by atoms with Gasteiger partial charge in [-0.2, -0.15) is 0 Å². The fraction of sp³-hybridized carbons (Fsp3) is 0.261. The van der Waals surface area contributed by atoms with Crippen LogP contribution in [0.15, 0.2) is 58.5 Å². The number of rotatable bonds is 7. The molecule has 0 aliphatic heterocycles. The highest BCUT2D eigenvalue weighted by Crippen LogP contribution is 2.28. The van der Waals surface area contributed by atoms with Crippen molar-refractivity contribution in [3.05, 3.63) is 70.0 Å². The van der Waals surface area contributed by atoms with E-state index < -0.39 is 0 Å². The highest BCUT2D eigenvalue weighted by Gasteiger charge is 2.13. The number of aryl methyl sites for hydroxylation is 1. The number of para-hydroxylation sites is 1. The van der Waals surface area contributed by atoms with Crippen molar-refractivity contribution in [2.75, 3.05) is 18.2 Å². The predicted octanol–water partition coefficient (Wildman–Crippen LogP) is 4.61. The third-order valence-corrected chi connectivity index (χ3v) is 5.51. The number of benzene rings is 2. The molecule has 6 nitrogen and oxygen atoms in total. The molecule has 0 aliphatic rings. The van der Waals surface area contributed by atoms with Gasteiger partial charge in [-0.1, -0.05) is 43.8 Å². The van der Waals surface area contributed by atoms with Crippen molar-refractivity contribution in [1.82, 2.24) is 9.97 Å². The molecule has 1 aromatic heterocycles. The number of carbonyl (C=O) groups is 1. The van der Waals surface area contributed by atoms with E-state index in [9.17, 15) is 9.59 Å². The quantitative estimate of drug-likeness (QED) is 0.428. The highest BCUT2D eigenvalue weighted by molar-refractivity contribution is 7.99. The van der Waals surface area contributed by atoms with Gasteiger partial charge in [-0.25, -0.2) is 4.98 Å². The van der Waals surface area contributed by atoms with E-state index in [2.05, 4.69) is 29.1 Å². The van der Waals surface area contributed by atoms with Gasteiger partial charge in [0.1, 0.15) is 5.75 Å². The lowest BCUT2D eigenvalue weighted by atomic mass is 9.98. The highest BCUT2D eigenvalue weighted by atomic mass is 32.2. The maximum atomic E-state index is 12.6. The van der Waals surface area contributed by atoms with Gasteiger partial charge in [0.05, 0.1) is 18.6 Å². The minimum atomic E-state index is -0.264. The maximum Gasteiger partial charge on any atom is 0.252 e. The number of H-pyrrole nitrogens is 1. The zero-order valence-corrected chi connectivity index (χ0v) is 18.3. The largest absolute Gasteiger partial charge is 0.497 e. The van der Waals surface area contributed by atoms with E-state index in [4.69, 9.17) is 4.74 Å². The summed E-state index contributed by atoms with van der Waals surface area (Å²) in [7, 11) is 1.60. The van der Waals surface area contributed by atoms with E-state index in [0.717, 1.165) is 28.1 Å². The second-order valence-corrected chi connectivity index (χ2v) is 8.16. The summed E-state index contributed by atoms with van der Waals surface area (Å²) in [5.41, 5.74) is 4.06. The summed E-state index contributed by atoms with van der Waals surface area (Å²) < 4.78 is 5.16. The maximum absolute atomic E-state index is 12.6. The monoisotopic (exact) mass is 423 g/mol. The Labute approximate surface area is 180 Å². The van der Waals surface area contributed by atoms with Gasteiger partial charge >= 0.3 is 0 Å². The summed E-state index contributed by atoms with van der Waals surface area (Å²) in [5, 5.41) is 3.41. The van der Waals surface area contributed by atoms with Crippen molar-refractivity contribution in [3.63, 3.8) is 0 Å². The third-order valence-electron chi connectivity index (χ3n) is 4.64. The van der Waals surface area contributed by atoms with Gasteiger partial charge < -0.3 is 15.0 Å². The molecule has 0 bridgehead atoms. The van der Waals surface area contributed by atoms with Gasteiger partial charge in [0, 0.05) is 17.3 Å². The van der Waals surface area contributed by atoms with Crippen molar-refractivity contribution in [2.45, 2.75) is 31.8 Å². The molecule has 156 valence electrons. The normalized spacial score (nSPS) is 10.8. The van der Waals surface area contributed by atoms with Crippen LogP contribution in [0, 0.1) is 6.92 Å². The van der Waals surface area contributed by atoms with Gasteiger partial charge in [-0.3, -0.25) is 9.59 Å². The summed E-state index contributed by atoms with van der Waals surface area (Å²) in [6.07, 6.45) is 0. The molecule has 0 radical (unpaired) electrons. The number of hydrogen-bond donors (Lipinski definition) is 2. The summed E-state index contributed by atoms with van der Waals surface area (Å²) >= 11 is 1.20. The zero-order valence-electron chi connectivity index (χ0n) is 17.5. The first-order valence-corrected chi connectivity index (χ1v) is 10.6. The van der Waals surface area contributed by atoms with Crippen LogP contribution in [0.5, 0.6) is 5.75 Å². The predicted molar refractivity (Wildman–Crippen MR) is 121 cm³/mol. The fourth-order valence-corrected chi connectivity index (χ4v) is 3.74. The molecule has 7 heteroatoms. The van der Waals surface area contributed by atoms with Crippen LogP contribution < -0.4 is 15.6 Å². The molecule has 2 N–H and O–H groups in total. The van der Waals surface area contributed by atoms with E-state index in [1.54, 1.807) is 7.11 Å². The van der Waals surface area contributed by atoms with Gasteiger partial charge in [-0.15, -0.1) is 0 Å². The van der Waals surface area contributed by atoms with Gasteiger partial charge in [-0.05, 0) is 48.2 Å². The Balaban J connectivity index is 1.72. The van der Waals surface area contributed by atoms with Crippen LogP contribution in [0.25, 0.3) is 11.3 Å². The van der Waals surface area contributed by atoms with E-state index in [0.29, 0.717) is 16.8 Å². The number of hydrogen-bond acceptors (Lipinski definition) is 5. The summed E-state index contributed by atoms with van der Waals surface area (Å²) in [5.74, 6) is 1.02. The Kier molecular flexibility index (Phi) is 6.95. The minimum absolute atomic E-state index is 0.140. The van der Waals surface area contributed by atoms with Crippen molar-refractivity contribution in [1.29, 1.82) is 0 Å². The molecule has 0 aliphatic carbocycles. The standard InChI is InChI=1S/C23H25N3O3S/c1-14(2)18-7-5-6-15(3)22(18)25-21(28)13-30-23-24-19(12-20(27)26-23)16-8-10-17(29-4)11-9-16/h5-12,14H,13H2,1-4H3,(H,25,28)(H,24,26,27). The first kappa shape index (κ1) is 21.6. The SMILES string of the molecule is COc1ccc(-c2cc(=O)[nH]c(SCC(=O)Nc3c(C)cccc3C(C)C)n2)cc1. The number of carbonyl (C=O) groups excluding carboxylic acids is 1. The molecule has 3 rings (SSSR count). The van der Waals surface area contributed by atoms with Crippen LogP contribution in [0.2, 0.25) is 0 Å². The molecule has 1 amide bonds. The molecule has 0 saturated heterocycles. The molecule has 30 heavy (non-hydrogen) atoms. The number of ether oxygens (including phenoxy) is 1. The molecule has 0 spiro atoms. The Morgan fingerprint density at radius 1 is 1.20 bits per heavy atom. The van der Waals surface area contributed by atoms with E-state index in [1.165, 1.54) is 17.8 Å². The molecule has 0 unspecified atom stereocenters. The lowest BCUT2D eigenvalue weighted by Crippen LogP contribution is -2.17. The van der Waals surface area contributed by atoms with E-state index in [1.807, 2.05) is 49.4 Å². The molecule has 2 aromatic carbocycles. The molecule has 0 fully saturated rings. The van der Waals surface area contributed by atoms with E-state index in [-0.39, 0.29) is 17.2 Å². The number of aromatic nitrogens is 2. The average Bonchev–Trinajstić information content (AvgIpc) is 2.73. The molecular formula is C23H25N3O3S. The Bertz CT molecular complexity index is 1090.